The van der Waals surface area contributed by atoms with Crippen LogP contribution in [0, 0.1) is 0 Å². The molecule has 4 amide bonds. The molecular formula is C13H20F2N4O3. The van der Waals surface area contributed by atoms with Gasteiger partial charge in [0.2, 0.25) is 5.91 Å². The van der Waals surface area contributed by atoms with Gasteiger partial charge in [-0.15, -0.1) is 0 Å². The molecule has 1 spiro atoms. The van der Waals surface area contributed by atoms with Crippen molar-refractivity contribution in [3.8, 4) is 0 Å². The third-order valence-corrected chi connectivity index (χ3v) is 4.10. The molecule has 9 heteroatoms. The molecule has 1 saturated carbocycles. The Hall–Kier alpha value is -1.77. The maximum absolute atomic E-state index is 13.0. The summed E-state index contributed by atoms with van der Waals surface area (Å²) in [6.45, 7) is -2.37. The fourth-order valence-electron chi connectivity index (χ4n) is 2.81. The van der Waals surface area contributed by atoms with E-state index < -0.39 is 48.9 Å². The average molecular weight is 318 g/mol. The van der Waals surface area contributed by atoms with Crippen molar-refractivity contribution >= 4 is 17.8 Å². The van der Waals surface area contributed by atoms with E-state index in [1.807, 2.05) is 5.32 Å². The minimum Gasteiger partial charge on any atom is -0.348 e. The molecule has 1 aliphatic carbocycles. The number of carbonyl (C=O) groups is 3. The first-order chi connectivity index (χ1) is 10.3. The molecular weight excluding hydrogens is 298 g/mol. The predicted molar refractivity (Wildman–Crippen MR) is 73.1 cm³/mol. The van der Waals surface area contributed by atoms with E-state index >= 15 is 0 Å². The number of hydrogen-bond donors (Lipinski definition) is 3. The standard InChI is InChI=1S/C13H20F2N4O3/c14-13(15,7-16)8-17-9(20)6-19-10(21)12(18-11(19)22)4-2-1-3-5-12/h1-8,16H2,(H,17,20)(H,18,22). The first-order valence-electron chi connectivity index (χ1n) is 7.28. The zero-order valence-corrected chi connectivity index (χ0v) is 12.2. The smallest absolute Gasteiger partial charge is 0.325 e. The van der Waals surface area contributed by atoms with Crippen LogP contribution in [0.15, 0.2) is 0 Å². The van der Waals surface area contributed by atoms with E-state index in [0.717, 1.165) is 24.2 Å². The van der Waals surface area contributed by atoms with Gasteiger partial charge in [-0.2, -0.15) is 0 Å². The van der Waals surface area contributed by atoms with E-state index in [-0.39, 0.29) is 0 Å². The number of hydrogen-bond acceptors (Lipinski definition) is 4. The normalized spacial score (nSPS) is 21.1. The molecule has 2 rings (SSSR count). The van der Waals surface area contributed by atoms with Crippen LogP contribution in [0.2, 0.25) is 0 Å². The number of nitrogens with zero attached hydrogens (tertiary/aromatic N) is 1. The molecule has 4 N–H and O–H groups in total. The molecule has 0 unspecified atom stereocenters. The second-order valence-electron chi connectivity index (χ2n) is 5.80. The minimum atomic E-state index is -3.21. The molecule has 124 valence electrons. The second kappa shape index (κ2) is 6.15. The molecule has 0 aromatic heterocycles. The first-order valence-corrected chi connectivity index (χ1v) is 7.28. The van der Waals surface area contributed by atoms with Gasteiger partial charge in [-0.05, 0) is 12.8 Å². The van der Waals surface area contributed by atoms with E-state index in [9.17, 15) is 23.2 Å². The van der Waals surface area contributed by atoms with E-state index in [1.54, 1.807) is 0 Å². The molecule has 0 radical (unpaired) electrons. The summed E-state index contributed by atoms with van der Waals surface area (Å²) in [6, 6.07) is -0.646. The number of nitrogens with one attached hydrogen (secondary N) is 2. The van der Waals surface area contributed by atoms with Gasteiger partial charge < -0.3 is 16.4 Å². The lowest BCUT2D eigenvalue weighted by Gasteiger charge is -2.30. The number of rotatable bonds is 5. The number of urea groups is 1. The van der Waals surface area contributed by atoms with Gasteiger partial charge in [0.05, 0.1) is 13.1 Å². The predicted octanol–water partition coefficient (Wildman–Crippen LogP) is -0.0487. The number of alkyl halides is 2. The minimum absolute atomic E-state index is 0.446. The number of amides is 4. The topological polar surface area (TPSA) is 105 Å². The molecule has 22 heavy (non-hydrogen) atoms. The van der Waals surface area contributed by atoms with Gasteiger partial charge >= 0.3 is 6.03 Å². The highest BCUT2D eigenvalue weighted by molar-refractivity contribution is 6.09. The number of nitrogens with two attached hydrogens (primary N) is 1. The molecule has 0 aromatic carbocycles. The van der Waals surface area contributed by atoms with Crippen molar-refractivity contribution < 1.29 is 23.2 Å². The fraction of sp³-hybridized carbons (Fsp3) is 0.769. The van der Waals surface area contributed by atoms with Crippen LogP contribution in [0.3, 0.4) is 0 Å². The summed E-state index contributed by atoms with van der Waals surface area (Å²) in [5.41, 5.74) is 3.94. The number of halogens is 2. The molecule has 1 heterocycles. The molecule has 0 atom stereocenters. The Kier molecular flexibility index (Phi) is 4.64. The molecule has 0 bridgehead atoms. The molecule has 1 saturated heterocycles. The number of imide groups is 1. The highest BCUT2D eigenvalue weighted by atomic mass is 19.3. The van der Waals surface area contributed by atoms with Crippen LogP contribution in [0.1, 0.15) is 32.1 Å². The Labute approximate surface area is 126 Å². The zero-order chi connectivity index (χ0) is 16.4. The van der Waals surface area contributed by atoms with Gasteiger partial charge in [0, 0.05) is 0 Å². The van der Waals surface area contributed by atoms with E-state index in [1.165, 1.54) is 0 Å². The van der Waals surface area contributed by atoms with Gasteiger partial charge in [-0.1, -0.05) is 19.3 Å². The van der Waals surface area contributed by atoms with Crippen LogP contribution in [0.25, 0.3) is 0 Å². The van der Waals surface area contributed by atoms with Gasteiger partial charge in [0.15, 0.2) is 0 Å². The lowest BCUT2D eigenvalue weighted by molar-refractivity contribution is -0.136. The van der Waals surface area contributed by atoms with Crippen LogP contribution >= 0.6 is 0 Å². The fourth-order valence-corrected chi connectivity index (χ4v) is 2.81. The average Bonchev–Trinajstić information content (AvgIpc) is 2.70. The zero-order valence-electron chi connectivity index (χ0n) is 12.2. The first kappa shape index (κ1) is 16.6. The third kappa shape index (κ3) is 3.34. The summed E-state index contributed by atoms with van der Waals surface area (Å²) in [5, 5.41) is 4.64. The van der Waals surface area contributed by atoms with Gasteiger partial charge in [0.1, 0.15) is 12.1 Å². The van der Waals surface area contributed by atoms with Crippen molar-refractivity contribution in [1.82, 2.24) is 15.5 Å². The molecule has 1 aliphatic heterocycles. The van der Waals surface area contributed by atoms with Crippen molar-refractivity contribution in [2.45, 2.75) is 43.6 Å². The van der Waals surface area contributed by atoms with Crippen molar-refractivity contribution in [1.29, 1.82) is 0 Å². The Morgan fingerprint density at radius 1 is 1.32 bits per heavy atom. The van der Waals surface area contributed by atoms with E-state index in [0.29, 0.717) is 12.8 Å². The summed E-state index contributed by atoms with van der Waals surface area (Å²) in [5.74, 6) is -4.47. The van der Waals surface area contributed by atoms with Crippen LogP contribution in [-0.4, -0.2) is 53.8 Å². The molecule has 2 aliphatic rings. The van der Waals surface area contributed by atoms with Crippen molar-refractivity contribution in [3.63, 3.8) is 0 Å². The van der Waals surface area contributed by atoms with Crippen molar-refractivity contribution in [3.05, 3.63) is 0 Å². The second-order valence-corrected chi connectivity index (χ2v) is 5.80. The maximum atomic E-state index is 13.0. The summed E-state index contributed by atoms with van der Waals surface area (Å²) in [4.78, 5) is 36.7. The Morgan fingerprint density at radius 2 is 1.95 bits per heavy atom. The van der Waals surface area contributed by atoms with Gasteiger partial charge in [0.25, 0.3) is 11.8 Å². The van der Waals surface area contributed by atoms with Crippen molar-refractivity contribution in [2.24, 2.45) is 5.73 Å². The van der Waals surface area contributed by atoms with Gasteiger partial charge in [-0.3, -0.25) is 14.5 Å². The third-order valence-electron chi connectivity index (χ3n) is 4.10. The SMILES string of the molecule is NCC(F)(F)CNC(=O)CN1C(=O)NC2(CCCCC2)C1=O. The van der Waals surface area contributed by atoms with Crippen LogP contribution < -0.4 is 16.4 Å². The molecule has 2 fully saturated rings. The lowest BCUT2D eigenvalue weighted by atomic mass is 9.82. The van der Waals surface area contributed by atoms with Gasteiger partial charge in [-0.25, -0.2) is 13.6 Å². The monoisotopic (exact) mass is 318 g/mol. The van der Waals surface area contributed by atoms with Crippen LogP contribution in [0.5, 0.6) is 0 Å². The van der Waals surface area contributed by atoms with Crippen LogP contribution in [0.4, 0.5) is 13.6 Å². The summed E-state index contributed by atoms with van der Waals surface area (Å²) in [7, 11) is 0. The maximum Gasteiger partial charge on any atom is 0.325 e. The largest absolute Gasteiger partial charge is 0.348 e. The Morgan fingerprint density at radius 3 is 2.55 bits per heavy atom. The summed E-state index contributed by atoms with van der Waals surface area (Å²) < 4.78 is 25.9. The highest BCUT2D eigenvalue weighted by Gasteiger charge is 2.51. The lowest BCUT2D eigenvalue weighted by Crippen LogP contribution is -2.49. The Balaban J connectivity index is 1.94. The quantitative estimate of drug-likeness (QED) is 0.618. The Bertz CT molecular complexity index is 478. The molecule has 7 nitrogen and oxygen atoms in total. The summed E-state index contributed by atoms with van der Waals surface area (Å²) >= 11 is 0. The molecule has 0 aromatic rings. The van der Waals surface area contributed by atoms with Crippen LogP contribution in [-0.2, 0) is 9.59 Å². The number of carbonyl (C=O) groups excluding carboxylic acids is 3. The van der Waals surface area contributed by atoms with E-state index in [2.05, 4.69) is 5.32 Å². The van der Waals surface area contributed by atoms with E-state index in [4.69, 9.17) is 5.73 Å². The highest BCUT2D eigenvalue weighted by Crippen LogP contribution is 2.33. The van der Waals surface area contributed by atoms with Crippen molar-refractivity contribution in [2.75, 3.05) is 19.6 Å². The summed E-state index contributed by atoms with van der Waals surface area (Å²) in [6.07, 6.45) is 3.74.